The Labute approximate surface area is 312 Å². The van der Waals surface area contributed by atoms with E-state index in [-0.39, 0.29) is 10.1 Å². The normalized spacial score (nSPS) is 13.2. The van der Waals surface area contributed by atoms with Crippen LogP contribution in [-0.2, 0) is 12.8 Å². The van der Waals surface area contributed by atoms with Gasteiger partial charge >= 0.3 is 0 Å². The van der Waals surface area contributed by atoms with Crippen LogP contribution in [0.5, 0.6) is 0 Å². The number of rotatable bonds is 8. The van der Waals surface area contributed by atoms with Gasteiger partial charge in [-0.3, -0.25) is 9.97 Å². The molecule has 5 aromatic carbocycles. The molecule has 2 N–H and O–H groups in total. The van der Waals surface area contributed by atoms with Gasteiger partial charge in [-0.15, -0.1) is 0 Å². The molecule has 4 nitrogen and oxygen atoms in total. The molecular formula is C44H47BrN2O2Si2. The molecule has 2 aromatic heterocycles. The summed E-state index contributed by atoms with van der Waals surface area (Å²) in [6, 6.07) is 32.9. The minimum absolute atomic E-state index is 0.217. The molecule has 0 saturated heterocycles. The van der Waals surface area contributed by atoms with Crippen molar-refractivity contribution in [3.05, 3.63) is 119 Å². The lowest BCUT2D eigenvalue weighted by atomic mass is 9.83. The molecule has 2 heterocycles. The van der Waals surface area contributed by atoms with Crippen molar-refractivity contribution < 1.29 is 9.59 Å². The SMILES string of the molecule is CC(C)(Cc1ccc(-c2c3ccccc3c(-c3ccc(CC(C)(C)[Si](C)(C)O)c4ncccc34)c3cc(Br)ccc23)c2cccnc12)[Si](C)(C)O. The third-order valence-corrected chi connectivity index (χ3v) is 19.3. The topological polar surface area (TPSA) is 66.2 Å². The van der Waals surface area contributed by atoms with Crippen LogP contribution in [0.25, 0.3) is 65.6 Å². The quantitative estimate of drug-likeness (QED) is 0.119. The van der Waals surface area contributed by atoms with E-state index < -0.39 is 16.6 Å². The largest absolute Gasteiger partial charge is 0.432 e. The summed E-state index contributed by atoms with van der Waals surface area (Å²) in [5, 5.41) is 6.48. The number of pyridine rings is 2. The van der Waals surface area contributed by atoms with E-state index in [1.807, 2.05) is 50.7 Å². The maximum Gasteiger partial charge on any atom is 0.188 e. The summed E-state index contributed by atoms with van der Waals surface area (Å²) < 4.78 is 1.02. The second-order valence-electron chi connectivity index (χ2n) is 16.6. The van der Waals surface area contributed by atoms with Gasteiger partial charge < -0.3 is 9.59 Å². The molecule has 0 aliphatic carbocycles. The van der Waals surface area contributed by atoms with Crippen molar-refractivity contribution in [2.75, 3.05) is 0 Å². The van der Waals surface area contributed by atoms with Gasteiger partial charge in [-0.05, 0) is 128 Å². The molecule has 7 rings (SSSR count). The number of nitrogens with zero attached hydrogens (tertiary/aromatic N) is 2. The first-order valence-corrected chi connectivity index (χ1v) is 24.5. The Morgan fingerprint density at radius 1 is 0.529 bits per heavy atom. The van der Waals surface area contributed by atoms with Gasteiger partial charge in [0.2, 0.25) is 0 Å². The van der Waals surface area contributed by atoms with E-state index >= 15 is 0 Å². The monoisotopic (exact) mass is 770 g/mol. The fourth-order valence-corrected chi connectivity index (χ4v) is 8.91. The van der Waals surface area contributed by atoms with E-state index in [1.54, 1.807) is 0 Å². The minimum Gasteiger partial charge on any atom is -0.432 e. The van der Waals surface area contributed by atoms with Gasteiger partial charge in [-0.1, -0.05) is 110 Å². The van der Waals surface area contributed by atoms with Crippen LogP contribution in [0, 0.1) is 0 Å². The van der Waals surface area contributed by atoms with Crippen LogP contribution in [0.2, 0.25) is 36.3 Å². The van der Waals surface area contributed by atoms with Crippen LogP contribution in [0.4, 0.5) is 0 Å². The van der Waals surface area contributed by atoms with Crippen LogP contribution in [0.1, 0.15) is 38.8 Å². The molecule has 260 valence electrons. The third-order valence-electron chi connectivity index (χ3n) is 11.8. The van der Waals surface area contributed by atoms with Crippen molar-refractivity contribution >= 4 is 75.9 Å². The van der Waals surface area contributed by atoms with Gasteiger partial charge in [-0.25, -0.2) is 0 Å². The fourth-order valence-electron chi connectivity index (χ4n) is 7.30. The minimum atomic E-state index is -2.44. The Hall–Kier alpha value is -3.73. The zero-order valence-corrected chi connectivity index (χ0v) is 34.5. The molecule has 0 unspecified atom stereocenters. The first kappa shape index (κ1) is 35.7. The highest BCUT2D eigenvalue weighted by atomic mass is 79.9. The summed E-state index contributed by atoms with van der Waals surface area (Å²) in [7, 11) is -4.88. The van der Waals surface area contributed by atoms with Crippen LogP contribution < -0.4 is 0 Å². The summed E-state index contributed by atoms with van der Waals surface area (Å²) >= 11 is 3.83. The van der Waals surface area contributed by atoms with Crippen molar-refractivity contribution in [1.29, 1.82) is 0 Å². The lowest BCUT2D eigenvalue weighted by Crippen LogP contribution is -2.40. The standard InChI is InChI=1S/C44H47BrN2O2Si2/c1-43(2,50(5,6)48)26-28-17-20-33(36-15-11-23-46-41(28)36)39-31-13-9-10-14-32(31)40(38-25-30(45)19-22-35(38)39)34-21-18-29(27-44(3,4)51(7,8)49)42-37(34)16-12-24-47-42/h9-25,48-49H,26-27H2,1-8H3. The summed E-state index contributed by atoms with van der Waals surface area (Å²) in [4.78, 5) is 32.2. The van der Waals surface area contributed by atoms with E-state index in [2.05, 4.69) is 122 Å². The van der Waals surface area contributed by atoms with Crippen molar-refractivity contribution in [1.82, 2.24) is 9.97 Å². The van der Waals surface area contributed by atoms with E-state index in [9.17, 15) is 9.59 Å². The second-order valence-corrected chi connectivity index (χ2v) is 26.4. The highest BCUT2D eigenvalue weighted by molar-refractivity contribution is 9.10. The lowest BCUT2D eigenvalue weighted by molar-refractivity contribution is 0.468. The molecule has 0 bridgehead atoms. The number of hydrogen-bond acceptors (Lipinski definition) is 4. The van der Waals surface area contributed by atoms with Gasteiger partial charge in [-0.2, -0.15) is 0 Å². The zero-order chi connectivity index (χ0) is 36.5. The van der Waals surface area contributed by atoms with Crippen molar-refractivity contribution in [2.45, 2.75) is 76.8 Å². The van der Waals surface area contributed by atoms with Crippen LogP contribution in [0.15, 0.2) is 108 Å². The predicted octanol–water partition coefficient (Wildman–Crippen LogP) is 12.2. The average Bonchev–Trinajstić information content (AvgIpc) is 3.07. The Morgan fingerprint density at radius 3 is 1.39 bits per heavy atom. The Morgan fingerprint density at radius 2 is 0.941 bits per heavy atom. The zero-order valence-electron chi connectivity index (χ0n) is 30.9. The van der Waals surface area contributed by atoms with E-state index in [4.69, 9.17) is 9.97 Å². The Balaban J connectivity index is 1.52. The van der Waals surface area contributed by atoms with Crippen LogP contribution in [0.3, 0.4) is 0 Å². The Bertz CT molecular complexity index is 2480. The molecular weight excluding hydrogens is 725 g/mol. The highest BCUT2D eigenvalue weighted by Gasteiger charge is 2.39. The van der Waals surface area contributed by atoms with Crippen LogP contribution in [-0.4, -0.2) is 36.2 Å². The second kappa shape index (κ2) is 12.7. The van der Waals surface area contributed by atoms with Crippen molar-refractivity contribution in [2.24, 2.45) is 0 Å². The van der Waals surface area contributed by atoms with Gasteiger partial charge in [0.05, 0.1) is 11.0 Å². The molecule has 0 aliphatic heterocycles. The van der Waals surface area contributed by atoms with Gasteiger partial charge in [0.1, 0.15) is 0 Å². The summed E-state index contributed by atoms with van der Waals surface area (Å²) in [5.74, 6) is 0. The van der Waals surface area contributed by atoms with Gasteiger partial charge in [0.25, 0.3) is 0 Å². The molecule has 0 atom stereocenters. The van der Waals surface area contributed by atoms with E-state index in [0.717, 1.165) is 66.8 Å². The molecule has 51 heavy (non-hydrogen) atoms. The summed E-state index contributed by atoms with van der Waals surface area (Å²) in [6.07, 6.45) is 5.28. The predicted molar refractivity (Wildman–Crippen MR) is 226 cm³/mol. The molecule has 0 saturated carbocycles. The number of halogens is 1. The summed E-state index contributed by atoms with van der Waals surface area (Å²) in [5.41, 5.74) is 8.97. The molecule has 7 heteroatoms. The fraction of sp³-hybridized carbons (Fsp3) is 0.273. The lowest BCUT2D eigenvalue weighted by Gasteiger charge is -2.35. The maximum absolute atomic E-state index is 11.2. The number of aromatic nitrogens is 2. The number of fused-ring (bicyclic) bond motifs is 4. The number of hydrogen-bond donors (Lipinski definition) is 2. The third kappa shape index (κ3) is 6.27. The maximum atomic E-state index is 11.2. The number of benzene rings is 5. The van der Waals surface area contributed by atoms with E-state index in [0.29, 0.717) is 0 Å². The molecule has 0 radical (unpaired) electrons. The smallest absolute Gasteiger partial charge is 0.188 e. The van der Waals surface area contributed by atoms with Gasteiger partial charge in [0.15, 0.2) is 16.6 Å². The van der Waals surface area contributed by atoms with E-state index in [1.165, 1.54) is 27.3 Å². The molecule has 7 aromatic rings. The molecule has 0 spiro atoms. The molecule has 0 amide bonds. The highest BCUT2D eigenvalue weighted by Crippen LogP contribution is 2.49. The van der Waals surface area contributed by atoms with Crippen molar-refractivity contribution in [3.8, 4) is 22.3 Å². The van der Waals surface area contributed by atoms with Gasteiger partial charge in [0, 0.05) is 27.6 Å². The summed E-state index contributed by atoms with van der Waals surface area (Å²) in [6.45, 7) is 16.8. The molecule has 0 fully saturated rings. The first-order valence-electron chi connectivity index (χ1n) is 17.8. The average molecular weight is 772 g/mol. The Kier molecular flexibility index (Phi) is 8.91. The molecule has 0 aliphatic rings. The van der Waals surface area contributed by atoms with Crippen molar-refractivity contribution in [3.63, 3.8) is 0 Å². The van der Waals surface area contributed by atoms with Crippen LogP contribution >= 0.6 is 15.9 Å². The first-order chi connectivity index (χ1) is 24.0.